The van der Waals surface area contributed by atoms with Crippen LogP contribution in [0.3, 0.4) is 0 Å². The highest BCUT2D eigenvalue weighted by Crippen LogP contribution is 2.02. The number of nitrogens with two attached hydrogens (primary N) is 1. The average molecular weight is 167 g/mol. The Labute approximate surface area is 71.4 Å². The zero-order chi connectivity index (χ0) is 8.97. The number of aryl methyl sites for hydroxylation is 1. The van der Waals surface area contributed by atoms with Crippen molar-refractivity contribution in [1.29, 1.82) is 0 Å². The molecule has 0 saturated heterocycles. The van der Waals surface area contributed by atoms with Crippen LogP contribution in [0.15, 0.2) is 0 Å². The summed E-state index contributed by atoms with van der Waals surface area (Å²) in [5.74, 6) is 1.55. The van der Waals surface area contributed by atoms with Gasteiger partial charge < -0.3 is 11.1 Å². The number of rotatable bonds is 3. The van der Waals surface area contributed by atoms with Crippen LogP contribution in [0.25, 0.3) is 0 Å². The molecular formula is C7H13N5. The third kappa shape index (κ3) is 2.05. The van der Waals surface area contributed by atoms with Gasteiger partial charge in [0.05, 0.1) is 0 Å². The zero-order valence-corrected chi connectivity index (χ0v) is 7.33. The average Bonchev–Trinajstić information content (AvgIpc) is 2.04. The summed E-state index contributed by atoms with van der Waals surface area (Å²) in [4.78, 5) is 12.0. The summed E-state index contributed by atoms with van der Waals surface area (Å²) in [7, 11) is 1.75. The molecule has 12 heavy (non-hydrogen) atoms. The van der Waals surface area contributed by atoms with Gasteiger partial charge in [0, 0.05) is 13.5 Å². The lowest BCUT2D eigenvalue weighted by atomic mass is 10.3. The van der Waals surface area contributed by atoms with Gasteiger partial charge in [0.15, 0.2) is 0 Å². The quantitative estimate of drug-likeness (QED) is 0.683. The fourth-order valence-corrected chi connectivity index (χ4v) is 0.885. The summed E-state index contributed by atoms with van der Waals surface area (Å²) < 4.78 is 0. The first-order chi connectivity index (χ1) is 5.76. The van der Waals surface area contributed by atoms with E-state index >= 15 is 0 Å². The highest BCUT2D eigenvalue weighted by Gasteiger charge is 2.00. The lowest BCUT2D eigenvalue weighted by Crippen LogP contribution is -2.06. The van der Waals surface area contributed by atoms with E-state index in [0.29, 0.717) is 5.95 Å². The fourth-order valence-electron chi connectivity index (χ4n) is 0.885. The van der Waals surface area contributed by atoms with E-state index in [1.54, 1.807) is 7.05 Å². The van der Waals surface area contributed by atoms with Gasteiger partial charge in [-0.3, -0.25) is 0 Å². The van der Waals surface area contributed by atoms with Gasteiger partial charge in [0.2, 0.25) is 11.9 Å². The number of anilines is 2. The van der Waals surface area contributed by atoms with Crippen molar-refractivity contribution < 1.29 is 0 Å². The van der Waals surface area contributed by atoms with E-state index in [-0.39, 0.29) is 5.95 Å². The Balaban J connectivity index is 2.90. The van der Waals surface area contributed by atoms with Crippen molar-refractivity contribution in [3.63, 3.8) is 0 Å². The smallest absolute Gasteiger partial charge is 0.227 e. The van der Waals surface area contributed by atoms with Crippen molar-refractivity contribution in [2.45, 2.75) is 19.8 Å². The molecule has 0 aliphatic heterocycles. The molecule has 1 heterocycles. The van der Waals surface area contributed by atoms with E-state index in [0.717, 1.165) is 18.7 Å². The van der Waals surface area contributed by atoms with Crippen molar-refractivity contribution in [1.82, 2.24) is 15.0 Å². The molecule has 0 fully saturated rings. The standard InChI is InChI=1S/C7H13N5/c1-3-4-5-10-6(8)12-7(9-2)11-5/h3-4H2,1-2H3,(H3,8,9,10,11,12). The zero-order valence-electron chi connectivity index (χ0n) is 7.33. The van der Waals surface area contributed by atoms with Crippen LogP contribution in [0.2, 0.25) is 0 Å². The summed E-state index contributed by atoms with van der Waals surface area (Å²) in [6, 6.07) is 0. The maximum absolute atomic E-state index is 5.46. The molecule has 3 N–H and O–H groups in total. The molecule has 0 amide bonds. The molecule has 1 aromatic rings. The van der Waals surface area contributed by atoms with Gasteiger partial charge in [-0.05, 0) is 6.42 Å². The molecule has 5 heteroatoms. The molecule has 1 aromatic heterocycles. The van der Waals surface area contributed by atoms with E-state index in [9.17, 15) is 0 Å². The SMILES string of the molecule is CCCc1nc(N)nc(NC)n1. The summed E-state index contributed by atoms with van der Waals surface area (Å²) in [5, 5.41) is 2.82. The fraction of sp³-hybridized carbons (Fsp3) is 0.571. The molecule has 66 valence electrons. The molecule has 1 rings (SSSR count). The maximum atomic E-state index is 5.46. The Kier molecular flexibility index (Phi) is 2.79. The van der Waals surface area contributed by atoms with Crippen LogP contribution >= 0.6 is 0 Å². The monoisotopic (exact) mass is 167 g/mol. The van der Waals surface area contributed by atoms with Gasteiger partial charge in [-0.25, -0.2) is 0 Å². The second-order valence-corrected chi connectivity index (χ2v) is 2.43. The number of nitrogens with zero attached hydrogens (tertiary/aromatic N) is 3. The second kappa shape index (κ2) is 3.85. The van der Waals surface area contributed by atoms with Crippen molar-refractivity contribution in [3.05, 3.63) is 5.82 Å². The summed E-state index contributed by atoms with van der Waals surface area (Å²) in [6.45, 7) is 2.07. The van der Waals surface area contributed by atoms with E-state index < -0.39 is 0 Å². The highest BCUT2D eigenvalue weighted by atomic mass is 15.2. The highest BCUT2D eigenvalue weighted by molar-refractivity contribution is 5.29. The van der Waals surface area contributed by atoms with Crippen LogP contribution in [-0.4, -0.2) is 22.0 Å². The second-order valence-electron chi connectivity index (χ2n) is 2.43. The topological polar surface area (TPSA) is 76.7 Å². The molecule has 5 nitrogen and oxygen atoms in total. The van der Waals surface area contributed by atoms with Gasteiger partial charge in [0.1, 0.15) is 5.82 Å². The van der Waals surface area contributed by atoms with Gasteiger partial charge in [-0.15, -0.1) is 0 Å². The number of hydrogen-bond acceptors (Lipinski definition) is 5. The van der Waals surface area contributed by atoms with Crippen LogP contribution in [0, 0.1) is 0 Å². The maximum Gasteiger partial charge on any atom is 0.227 e. The Hall–Kier alpha value is -1.39. The van der Waals surface area contributed by atoms with Crippen LogP contribution in [0.5, 0.6) is 0 Å². The van der Waals surface area contributed by atoms with Crippen molar-refractivity contribution >= 4 is 11.9 Å². The molecule has 0 bridgehead atoms. The third-order valence-electron chi connectivity index (χ3n) is 1.40. The molecule has 0 radical (unpaired) electrons. The predicted octanol–water partition coefficient (Wildman–Crippen LogP) is 0.448. The third-order valence-corrected chi connectivity index (χ3v) is 1.40. The van der Waals surface area contributed by atoms with Crippen molar-refractivity contribution in [2.75, 3.05) is 18.1 Å². The minimum absolute atomic E-state index is 0.276. The van der Waals surface area contributed by atoms with Crippen molar-refractivity contribution in [2.24, 2.45) is 0 Å². The van der Waals surface area contributed by atoms with Gasteiger partial charge in [-0.1, -0.05) is 6.92 Å². The molecular weight excluding hydrogens is 154 g/mol. The number of nitrogen functional groups attached to an aromatic ring is 1. The number of nitrogens with one attached hydrogen (secondary N) is 1. The Morgan fingerprint density at radius 1 is 1.33 bits per heavy atom. The molecule has 0 saturated carbocycles. The minimum Gasteiger partial charge on any atom is -0.368 e. The van der Waals surface area contributed by atoms with Crippen molar-refractivity contribution in [3.8, 4) is 0 Å². The summed E-state index contributed by atoms with van der Waals surface area (Å²) >= 11 is 0. The summed E-state index contributed by atoms with van der Waals surface area (Å²) in [5.41, 5.74) is 5.46. The first-order valence-electron chi connectivity index (χ1n) is 3.94. The molecule has 0 unspecified atom stereocenters. The van der Waals surface area contributed by atoms with Crippen LogP contribution in [-0.2, 0) is 6.42 Å². The molecule has 0 aliphatic carbocycles. The van der Waals surface area contributed by atoms with Gasteiger partial charge in [0.25, 0.3) is 0 Å². The van der Waals surface area contributed by atoms with Crippen LogP contribution < -0.4 is 11.1 Å². The molecule has 0 spiro atoms. The molecule has 0 atom stereocenters. The predicted molar refractivity (Wildman–Crippen MR) is 47.8 cm³/mol. The normalized spacial score (nSPS) is 9.83. The van der Waals surface area contributed by atoms with E-state index in [1.807, 2.05) is 0 Å². The van der Waals surface area contributed by atoms with Crippen LogP contribution in [0.4, 0.5) is 11.9 Å². The minimum atomic E-state index is 0.276. The van der Waals surface area contributed by atoms with Gasteiger partial charge >= 0.3 is 0 Å². The van der Waals surface area contributed by atoms with E-state index in [4.69, 9.17) is 5.73 Å². The summed E-state index contributed by atoms with van der Waals surface area (Å²) in [6.07, 6.45) is 1.84. The lowest BCUT2D eigenvalue weighted by Gasteiger charge is -2.01. The molecule has 0 aromatic carbocycles. The van der Waals surface area contributed by atoms with Crippen LogP contribution in [0.1, 0.15) is 19.2 Å². The lowest BCUT2D eigenvalue weighted by molar-refractivity contribution is 0.824. The Morgan fingerprint density at radius 3 is 2.67 bits per heavy atom. The largest absolute Gasteiger partial charge is 0.368 e. The van der Waals surface area contributed by atoms with E-state index in [2.05, 4.69) is 27.2 Å². The Morgan fingerprint density at radius 2 is 2.08 bits per heavy atom. The van der Waals surface area contributed by atoms with E-state index in [1.165, 1.54) is 0 Å². The number of aromatic nitrogens is 3. The number of hydrogen-bond donors (Lipinski definition) is 2. The molecule has 0 aliphatic rings. The Bertz CT molecular complexity index is 260. The van der Waals surface area contributed by atoms with Gasteiger partial charge in [-0.2, -0.15) is 15.0 Å². The first-order valence-corrected chi connectivity index (χ1v) is 3.94. The first kappa shape index (κ1) is 8.70.